The third-order valence-corrected chi connectivity index (χ3v) is 6.72. The van der Waals surface area contributed by atoms with Crippen LogP contribution in [-0.4, -0.2) is 54.0 Å². The topological polar surface area (TPSA) is 71.5 Å². The zero-order valence-corrected chi connectivity index (χ0v) is 18.4. The van der Waals surface area contributed by atoms with Crippen LogP contribution in [0.5, 0.6) is 0 Å². The molecule has 3 heterocycles. The van der Waals surface area contributed by atoms with Gasteiger partial charge < -0.3 is 15.0 Å². The molecular weight excluding hydrogens is 446 g/mol. The average Bonchev–Trinajstić information content (AvgIpc) is 2.80. The van der Waals surface area contributed by atoms with Gasteiger partial charge in [-0.1, -0.05) is 28.1 Å². The number of benzene rings is 1. The number of hydrogen-bond donors (Lipinski definition) is 1. The number of rotatable bonds is 4. The van der Waals surface area contributed by atoms with Gasteiger partial charge in [0.15, 0.2) is 0 Å². The lowest BCUT2D eigenvalue weighted by Crippen LogP contribution is -2.54. The van der Waals surface area contributed by atoms with Crippen LogP contribution in [0.15, 0.2) is 53.3 Å². The van der Waals surface area contributed by atoms with Gasteiger partial charge in [0.05, 0.1) is 11.0 Å². The summed E-state index contributed by atoms with van der Waals surface area (Å²) in [6.45, 7) is 2.49. The van der Waals surface area contributed by atoms with E-state index in [0.717, 1.165) is 22.9 Å². The van der Waals surface area contributed by atoms with E-state index < -0.39 is 5.41 Å². The number of halogens is 1. The van der Waals surface area contributed by atoms with Gasteiger partial charge in [-0.3, -0.25) is 14.6 Å². The number of nitrogens with zero attached hydrogens (tertiary/aromatic N) is 2. The van der Waals surface area contributed by atoms with E-state index in [0.29, 0.717) is 44.7 Å². The van der Waals surface area contributed by atoms with Crippen LogP contribution in [0.2, 0.25) is 0 Å². The molecule has 2 saturated heterocycles. The van der Waals surface area contributed by atoms with E-state index in [2.05, 4.69) is 26.2 Å². The highest BCUT2D eigenvalue weighted by Crippen LogP contribution is 2.38. The van der Waals surface area contributed by atoms with Gasteiger partial charge in [0.2, 0.25) is 5.91 Å². The highest BCUT2D eigenvalue weighted by molar-refractivity contribution is 9.10. The predicted octanol–water partition coefficient (Wildman–Crippen LogP) is 3.31. The zero-order valence-electron chi connectivity index (χ0n) is 16.9. The van der Waals surface area contributed by atoms with Gasteiger partial charge >= 0.3 is 0 Å². The number of nitrogens with one attached hydrogen (secondary N) is 1. The average molecular weight is 472 g/mol. The number of aromatic nitrogens is 1. The van der Waals surface area contributed by atoms with Gasteiger partial charge in [0, 0.05) is 49.2 Å². The lowest BCUT2D eigenvalue weighted by molar-refractivity contribution is -0.142. The van der Waals surface area contributed by atoms with Gasteiger partial charge in [0.1, 0.15) is 0 Å². The van der Waals surface area contributed by atoms with E-state index in [1.54, 1.807) is 24.5 Å². The Kier molecular flexibility index (Phi) is 6.49. The first-order valence-corrected chi connectivity index (χ1v) is 11.2. The Morgan fingerprint density at radius 1 is 1.10 bits per heavy atom. The summed E-state index contributed by atoms with van der Waals surface area (Å²) in [4.78, 5) is 32.0. The number of piperidine rings is 1. The first-order valence-electron chi connectivity index (χ1n) is 10.4. The van der Waals surface area contributed by atoms with Crippen molar-refractivity contribution in [3.8, 4) is 0 Å². The fourth-order valence-corrected chi connectivity index (χ4v) is 4.67. The molecule has 6 nitrogen and oxygen atoms in total. The van der Waals surface area contributed by atoms with Crippen molar-refractivity contribution in [2.24, 2.45) is 0 Å². The molecule has 2 aliphatic rings. The third kappa shape index (κ3) is 4.42. The van der Waals surface area contributed by atoms with Crippen LogP contribution >= 0.6 is 15.9 Å². The molecule has 7 heteroatoms. The lowest BCUT2D eigenvalue weighted by atomic mass is 9.72. The second kappa shape index (κ2) is 9.27. The van der Waals surface area contributed by atoms with Crippen molar-refractivity contribution in [2.75, 3.05) is 26.3 Å². The van der Waals surface area contributed by atoms with Crippen molar-refractivity contribution in [2.45, 2.75) is 37.1 Å². The van der Waals surface area contributed by atoms with Crippen LogP contribution in [-0.2, 0) is 14.9 Å². The molecule has 4 rings (SSSR count). The summed E-state index contributed by atoms with van der Waals surface area (Å²) >= 11 is 3.49. The molecule has 1 aromatic heterocycles. The van der Waals surface area contributed by atoms with Gasteiger partial charge in [-0.25, -0.2) is 0 Å². The standard InChI is InChI=1S/C23H26BrN3O3/c24-19-5-3-18(4-6-19)23(9-14-30-15-10-23)22(29)27-12-7-20(8-13-27)26-21(28)17-2-1-11-25-16-17/h1-6,11,16,20H,7-10,12-15H2,(H,26,28). The maximum Gasteiger partial charge on any atom is 0.253 e. The molecule has 2 amide bonds. The quantitative estimate of drug-likeness (QED) is 0.742. The van der Waals surface area contributed by atoms with Crippen LogP contribution in [0.25, 0.3) is 0 Å². The van der Waals surface area contributed by atoms with E-state index in [1.807, 2.05) is 29.2 Å². The fourth-order valence-electron chi connectivity index (χ4n) is 4.41. The summed E-state index contributed by atoms with van der Waals surface area (Å²) in [5.41, 5.74) is 1.10. The molecule has 1 N–H and O–H groups in total. The minimum atomic E-state index is -0.523. The van der Waals surface area contributed by atoms with E-state index in [1.165, 1.54) is 0 Å². The first-order chi connectivity index (χ1) is 14.6. The molecule has 2 aromatic rings. The molecule has 2 aliphatic heterocycles. The molecule has 0 spiro atoms. The Bertz CT molecular complexity index is 874. The Morgan fingerprint density at radius 3 is 2.43 bits per heavy atom. The van der Waals surface area contributed by atoms with Crippen molar-refractivity contribution >= 4 is 27.7 Å². The molecule has 1 aromatic carbocycles. The SMILES string of the molecule is O=C(NC1CCN(C(=O)C2(c3ccc(Br)cc3)CCOCC2)CC1)c1cccnc1. The molecule has 0 bridgehead atoms. The van der Waals surface area contributed by atoms with Crippen molar-refractivity contribution < 1.29 is 14.3 Å². The molecule has 0 atom stereocenters. The minimum Gasteiger partial charge on any atom is -0.381 e. The Labute approximate surface area is 185 Å². The van der Waals surface area contributed by atoms with Crippen LogP contribution in [0.4, 0.5) is 0 Å². The molecule has 0 aliphatic carbocycles. The fraction of sp³-hybridized carbons (Fsp3) is 0.435. The number of hydrogen-bond acceptors (Lipinski definition) is 4. The first kappa shape index (κ1) is 21.0. The van der Waals surface area contributed by atoms with E-state index in [9.17, 15) is 9.59 Å². The second-order valence-corrected chi connectivity index (χ2v) is 8.90. The number of pyridine rings is 1. The molecule has 158 valence electrons. The number of amides is 2. The van der Waals surface area contributed by atoms with Gasteiger partial charge in [-0.15, -0.1) is 0 Å². The number of likely N-dealkylation sites (tertiary alicyclic amines) is 1. The Hall–Kier alpha value is -2.25. The highest BCUT2D eigenvalue weighted by atomic mass is 79.9. The normalized spacial score (nSPS) is 19.3. The maximum atomic E-state index is 13.7. The summed E-state index contributed by atoms with van der Waals surface area (Å²) in [5.74, 6) is 0.0776. The summed E-state index contributed by atoms with van der Waals surface area (Å²) in [6, 6.07) is 11.7. The smallest absolute Gasteiger partial charge is 0.253 e. The highest BCUT2D eigenvalue weighted by Gasteiger charge is 2.44. The number of carbonyl (C=O) groups is 2. The molecule has 0 saturated carbocycles. The monoisotopic (exact) mass is 471 g/mol. The summed E-state index contributed by atoms with van der Waals surface area (Å²) in [5, 5.41) is 3.08. The zero-order chi connectivity index (χ0) is 21.0. The van der Waals surface area contributed by atoms with Gasteiger partial charge in [0.25, 0.3) is 5.91 Å². The largest absolute Gasteiger partial charge is 0.381 e. The van der Waals surface area contributed by atoms with Crippen LogP contribution in [0, 0.1) is 0 Å². The van der Waals surface area contributed by atoms with Crippen LogP contribution in [0.1, 0.15) is 41.6 Å². The molecule has 0 radical (unpaired) electrons. The van der Waals surface area contributed by atoms with Gasteiger partial charge in [-0.2, -0.15) is 0 Å². The van der Waals surface area contributed by atoms with Crippen molar-refractivity contribution in [1.29, 1.82) is 0 Å². The van der Waals surface area contributed by atoms with E-state index in [4.69, 9.17) is 4.74 Å². The predicted molar refractivity (Wildman–Crippen MR) is 117 cm³/mol. The van der Waals surface area contributed by atoms with Crippen molar-refractivity contribution in [1.82, 2.24) is 15.2 Å². The van der Waals surface area contributed by atoms with Crippen LogP contribution in [0.3, 0.4) is 0 Å². The molecular formula is C23H26BrN3O3. The Balaban J connectivity index is 1.42. The minimum absolute atomic E-state index is 0.0695. The van der Waals surface area contributed by atoms with E-state index in [-0.39, 0.29) is 17.9 Å². The molecule has 0 unspecified atom stereocenters. The van der Waals surface area contributed by atoms with Gasteiger partial charge in [-0.05, 0) is 55.5 Å². The summed E-state index contributed by atoms with van der Waals surface area (Å²) in [7, 11) is 0. The maximum absolute atomic E-state index is 13.7. The van der Waals surface area contributed by atoms with Crippen LogP contribution < -0.4 is 5.32 Å². The summed E-state index contributed by atoms with van der Waals surface area (Å²) in [6.07, 6.45) is 6.13. The molecule has 30 heavy (non-hydrogen) atoms. The number of carbonyl (C=O) groups excluding carboxylic acids is 2. The second-order valence-electron chi connectivity index (χ2n) is 7.98. The van der Waals surface area contributed by atoms with E-state index >= 15 is 0 Å². The number of ether oxygens (including phenoxy) is 1. The third-order valence-electron chi connectivity index (χ3n) is 6.19. The Morgan fingerprint density at radius 2 is 1.80 bits per heavy atom. The van der Waals surface area contributed by atoms with Crippen molar-refractivity contribution in [3.05, 3.63) is 64.4 Å². The van der Waals surface area contributed by atoms with Crippen molar-refractivity contribution in [3.63, 3.8) is 0 Å². The molecule has 2 fully saturated rings. The summed E-state index contributed by atoms with van der Waals surface area (Å²) < 4.78 is 6.58. The lowest BCUT2D eigenvalue weighted by Gasteiger charge is -2.42.